The first-order valence-electron chi connectivity index (χ1n) is 8.42. The van der Waals surface area contributed by atoms with Crippen LogP contribution in [0.4, 0.5) is 0 Å². The van der Waals surface area contributed by atoms with Crippen molar-refractivity contribution in [1.82, 2.24) is 10.2 Å². The van der Waals surface area contributed by atoms with Crippen molar-refractivity contribution < 1.29 is 19.8 Å². The third-order valence-corrected chi connectivity index (χ3v) is 4.59. The minimum absolute atomic E-state index is 0.233. The number of carboxylic acids is 2. The first kappa shape index (κ1) is 18.9. The highest BCUT2D eigenvalue weighted by Gasteiger charge is 2.30. The van der Waals surface area contributed by atoms with Crippen LogP contribution in [0.1, 0.15) is 58.8 Å². The SMILES string of the molecule is CCC(C)N1CCCCC1C(=O)O.O=C(O)C1CCCCN1. The van der Waals surface area contributed by atoms with E-state index in [4.69, 9.17) is 10.2 Å². The monoisotopic (exact) mass is 314 g/mol. The van der Waals surface area contributed by atoms with Gasteiger partial charge in [-0.2, -0.15) is 0 Å². The van der Waals surface area contributed by atoms with Gasteiger partial charge in [-0.05, 0) is 52.1 Å². The largest absolute Gasteiger partial charge is 0.480 e. The van der Waals surface area contributed by atoms with Gasteiger partial charge in [0.05, 0.1) is 0 Å². The molecule has 0 aromatic heterocycles. The summed E-state index contributed by atoms with van der Waals surface area (Å²) in [4.78, 5) is 23.4. The number of likely N-dealkylation sites (tertiary alicyclic amines) is 1. The lowest BCUT2D eigenvalue weighted by Crippen LogP contribution is -2.48. The number of nitrogens with one attached hydrogen (secondary N) is 1. The smallest absolute Gasteiger partial charge is 0.320 e. The van der Waals surface area contributed by atoms with Crippen LogP contribution in [-0.4, -0.2) is 58.3 Å². The lowest BCUT2D eigenvalue weighted by molar-refractivity contribution is -0.145. The fraction of sp³-hybridized carbons (Fsp3) is 0.875. The van der Waals surface area contributed by atoms with Crippen LogP contribution in [0, 0.1) is 0 Å². The van der Waals surface area contributed by atoms with Crippen LogP contribution >= 0.6 is 0 Å². The number of hydrogen-bond donors (Lipinski definition) is 3. The second-order valence-corrected chi connectivity index (χ2v) is 6.19. The van der Waals surface area contributed by atoms with Crippen molar-refractivity contribution >= 4 is 11.9 Å². The number of nitrogens with zero attached hydrogens (tertiary/aromatic N) is 1. The van der Waals surface area contributed by atoms with Gasteiger partial charge in [0.25, 0.3) is 0 Å². The molecule has 2 rings (SSSR count). The molecule has 6 nitrogen and oxygen atoms in total. The molecule has 22 heavy (non-hydrogen) atoms. The molecule has 0 radical (unpaired) electrons. The van der Waals surface area contributed by atoms with Gasteiger partial charge >= 0.3 is 11.9 Å². The normalized spacial score (nSPS) is 27.4. The number of hydrogen-bond acceptors (Lipinski definition) is 4. The minimum atomic E-state index is -0.713. The molecule has 128 valence electrons. The molecule has 0 aromatic carbocycles. The Kier molecular flexibility index (Phi) is 8.42. The Balaban J connectivity index is 0.000000235. The average Bonchev–Trinajstić information content (AvgIpc) is 2.55. The van der Waals surface area contributed by atoms with Gasteiger partial charge in [0, 0.05) is 6.04 Å². The first-order chi connectivity index (χ1) is 10.5. The van der Waals surface area contributed by atoms with Crippen molar-refractivity contribution in [3.8, 4) is 0 Å². The molecule has 2 heterocycles. The molecular formula is C16H30N2O4. The molecule has 3 unspecified atom stereocenters. The Morgan fingerprint density at radius 2 is 1.82 bits per heavy atom. The van der Waals surface area contributed by atoms with E-state index in [9.17, 15) is 9.59 Å². The predicted octanol–water partition coefficient (Wildman–Crippen LogP) is 1.94. The maximum atomic E-state index is 10.9. The van der Waals surface area contributed by atoms with Gasteiger partial charge in [0.1, 0.15) is 12.1 Å². The van der Waals surface area contributed by atoms with Gasteiger partial charge in [-0.15, -0.1) is 0 Å². The highest BCUT2D eigenvalue weighted by atomic mass is 16.4. The molecule has 0 amide bonds. The number of carbonyl (C=O) groups is 2. The quantitative estimate of drug-likeness (QED) is 0.735. The zero-order chi connectivity index (χ0) is 16.5. The zero-order valence-electron chi connectivity index (χ0n) is 13.8. The number of piperidine rings is 2. The molecule has 0 aliphatic carbocycles. The second kappa shape index (κ2) is 9.79. The van der Waals surface area contributed by atoms with Crippen molar-refractivity contribution in [3.05, 3.63) is 0 Å². The van der Waals surface area contributed by atoms with E-state index in [2.05, 4.69) is 24.1 Å². The summed E-state index contributed by atoms with van der Waals surface area (Å²) in [7, 11) is 0. The minimum Gasteiger partial charge on any atom is -0.480 e. The van der Waals surface area contributed by atoms with Crippen LogP contribution in [-0.2, 0) is 9.59 Å². The molecule has 2 fully saturated rings. The molecule has 2 aliphatic rings. The van der Waals surface area contributed by atoms with Gasteiger partial charge in [0.15, 0.2) is 0 Å². The molecule has 2 saturated heterocycles. The van der Waals surface area contributed by atoms with Crippen molar-refractivity contribution in [3.63, 3.8) is 0 Å². The van der Waals surface area contributed by atoms with E-state index in [1.807, 2.05) is 0 Å². The Morgan fingerprint density at radius 1 is 1.14 bits per heavy atom. The van der Waals surface area contributed by atoms with E-state index in [0.29, 0.717) is 6.04 Å². The van der Waals surface area contributed by atoms with Gasteiger partial charge < -0.3 is 15.5 Å². The van der Waals surface area contributed by atoms with Crippen LogP contribution in [0.2, 0.25) is 0 Å². The lowest BCUT2D eigenvalue weighted by atomic mass is 9.99. The number of rotatable bonds is 4. The summed E-state index contributed by atoms with van der Waals surface area (Å²) in [5, 5.41) is 20.4. The van der Waals surface area contributed by atoms with E-state index >= 15 is 0 Å². The Hall–Kier alpha value is -1.14. The third-order valence-electron chi connectivity index (χ3n) is 4.59. The van der Waals surface area contributed by atoms with Crippen LogP contribution < -0.4 is 5.32 Å². The molecule has 0 spiro atoms. The zero-order valence-corrected chi connectivity index (χ0v) is 13.8. The molecule has 2 aliphatic heterocycles. The van der Waals surface area contributed by atoms with E-state index in [1.54, 1.807) is 0 Å². The summed E-state index contributed by atoms with van der Waals surface area (Å²) in [6, 6.07) is -0.108. The van der Waals surface area contributed by atoms with Gasteiger partial charge in [-0.25, -0.2) is 0 Å². The van der Waals surface area contributed by atoms with Gasteiger partial charge in [-0.3, -0.25) is 14.5 Å². The Bertz CT molecular complexity index is 356. The van der Waals surface area contributed by atoms with Crippen LogP contribution in [0.15, 0.2) is 0 Å². The molecule has 6 heteroatoms. The fourth-order valence-corrected chi connectivity index (χ4v) is 3.04. The topological polar surface area (TPSA) is 89.9 Å². The van der Waals surface area contributed by atoms with E-state index in [0.717, 1.165) is 58.0 Å². The highest BCUT2D eigenvalue weighted by molar-refractivity contribution is 5.73. The Morgan fingerprint density at radius 3 is 2.27 bits per heavy atom. The second-order valence-electron chi connectivity index (χ2n) is 6.19. The molecule has 0 saturated carbocycles. The van der Waals surface area contributed by atoms with Crippen LogP contribution in [0.3, 0.4) is 0 Å². The Labute approximate surface area is 132 Å². The summed E-state index contributed by atoms with van der Waals surface area (Å²) >= 11 is 0. The molecular weight excluding hydrogens is 284 g/mol. The van der Waals surface area contributed by atoms with Crippen LogP contribution in [0.25, 0.3) is 0 Å². The maximum Gasteiger partial charge on any atom is 0.320 e. The molecule has 3 N–H and O–H groups in total. The lowest BCUT2D eigenvalue weighted by Gasteiger charge is -2.37. The summed E-state index contributed by atoms with van der Waals surface area (Å²) in [6.45, 7) is 6.03. The van der Waals surface area contributed by atoms with E-state index < -0.39 is 11.9 Å². The summed E-state index contributed by atoms with van der Waals surface area (Å²) < 4.78 is 0. The molecule has 0 aromatic rings. The first-order valence-corrected chi connectivity index (χ1v) is 8.42. The van der Waals surface area contributed by atoms with Gasteiger partial charge in [-0.1, -0.05) is 19.8 Å². The standard InChI is InChI=1S/C10H19NO2.C6H11NO2/c1-3-8(2)11-7-5-4-6-9(11)10(12)13;8-6(9)5-3-1-2-4-7-5/h8-9H,3-7H2,1-2H3,(H,12,13);5,7H,1-4H2,(H,8,9). The predicted molar refractivity (Wildman–Crippen MR) is 85.0 cm³/mol. The molecule has 0 bridgehead atoms. The average molecular weight is 314 g/mol. The third kappa shape index (κ3) is 5.93. The summed E-state index contributed by atoms with van der Waals surface area (Å²) in [6.07, 6.45) is 7.00. The molecule has 3 atom stereocenters. The van der Waals surface area contributed by atoms with Crippen molar-refractivity contribution in [2.75, 3.05) is 13.1 Å². The van der Waals surface area contributed by atoms with Gasteiger partial charge in [0.2, 0.25) is 0 Å². The van der Waals surface area contributed by atoms with Crippen molar-refractivity contribution in [2.24, 2.45) is 0 Å². The van der Waals surface area contributed by atoms with E-state index in [1.165, 1.54) is 0 Å². The summed E-state index contributed by atoms with van der Waals surface area (Å²) in [5.74, 6) is -1.37. The highest BCUT2D eigenvalue weighted by Crippen LogP contribution is 2.20. The fourth-order valence-electron chi connectivity index (χ4n) is 3.04. The summed E-state index contributed by atoms with van der Waals surface area (Å²) in [5.41, 5.74) is 0. The maximum absolute atomic E-state index is 10.9. The number of carboxylic acid groups (broad SMARTS) is 2. The van der Waals surface area contributed by atoms with Crippen molar-refractivity contribution in [1.29, 1.82) is 0 Å². The number of aliphatic carboxylic acids is 2. The van der Waals surface area contributed by atoms with E-state index in [-0.39, 0.29) is 12.1 Å². The van der Waals surface area contributed by atoms with Crippen molar-refractivity contribution in [2.45, 2.75) is 76.9 Å². The van der Waals surface area contributed by atoms with Crippen LogP contribution in [0.5, 0.6) is 0 Å².